The van der Waals surface area contributed by atoms with Crippen LogP contribution in [0.3, 0.4) is 0 Å². The summed E-state index contributed by atoms with van der Waals surface area (Å²) >= 11 is 5.19. The van der Waals surface area contributed by atoms with E-state index in [9.17, 15) is 9.59 Å². The number of thiocarbonyl (C=S) groups is 1. The van der Waals surface area contributed by atoms with Crippen molar-refractivity contribution in [2.24, 2.45) is 11.1 Å². The number of nitrogens with two attached hydrogens (primary N) is 1. The minimum atomic E-state index is -0.783. The first-order valence-corrected chi connectivity index (χ1v) is 7.63. The fourth-order valence-electron chi connectivity index (χ4n) is 2.78. The topological polar surface area (TPSA) is 66.6 Å². The lowest BCUT2D eigenvalue weighted by molar-refractivity contribution is -0.148. The first-order valence-electron chi connectivity index (χ1n) is 7.22. The zero-order valence-electron chi connectivity index (χ0n) is 12.6. The van der Waals surface area contributed by atoms with Crippen LogP contribution in [0.4, 0.5) is 0 Å². The highest BCUT2D eigenvalue weighted by atomic mass is 32.1. The van der Waals surface area contributed by atoms with Gasteiger partial charge < -0.3 is 15.5 Å². The minimum absolute atomic E-state index is 0.0329. The van der Waals surface area contributed by atoms with Gasteiger partial charge in [0.15, 0.2) is 0 Å². The van der Waals surface area contributed by atoms with E-state index in [4.69, 9.17) is 18.0 Å². The highest BCUT2D eigenvalue weighted by Crippen LogP contribution is 2.33. The molecule has 1 aliphatic rings. The third-order valence-electron chi connectivity index (χ3n) is 3.98. The van der Waals surface area contributed by atoms with Crippen LogP contribution in [0.15, 0.2) is 0 Å². The average Bonchev–Trinajstić information content (AvgIpc) is 2.40. The van der Waals surface area contributed by atoms with Gasteiger partial charge in [-0.1, -0.05) is 38.9 Å². The van der Waals surface area contributed by atoms with E-state index in [1.807, 2.05) is 13.8 Å². The lowest BCUT2D eigenvalue weighted by atomic mass is 9.77. The summed E-state index contributed by atoms with van der Waals surface area (Å²) in [5.41, 5.74) is 5.12. The van der Waals surface area contributed by atoms with Gasteiger partial charge in [-0.2, -0.15) is 0 Å². The van der Waals surface area contributed by atoms with Gasteiger partial charge in [0.25, 0.3) is 0 Å². The molecule has 0 saturated carbocycles. The summed E-state index contributed by atoms with van der Waals surface area (Å²) in [7, 11) is 1.75. The van der Waals surface area contributed by atoms with Crippen molar-refractivity contribution >= 4 is 29.0 Å². The Kier molecular flexibility index (Phi) is 5.92. The van der Waals surface area contributed by atoms with E-state index in [2.05, 4.69) is 0 Å². The molecule has 0 bridgehead atoms. The number of hydrogen-bond acceptors (Lipinski definition) is 3. The van der Waals surface area contributed by atoms with Gasteiger partial charge >= 0.3 is 0 Å². The molecule has 1 fully saturated rings. The number of carbonyl (C=O) groups is 2. The summed E-state index contributed by atoms with van der Waals surface area (Å²) in [6, 6.07) is 0. The second-order valence-electron chi connectivity index (χ2n) is 5.49. The Labute approximate surface area is 126 Å². The van der Waals surface area contributed by atoms with Crippen LogP contribution in [0.1, 0.15) is 39.5 Å². The van der Waals surface area contributed by atoms with Crippen LogP contribution in [0.5, 0.6) is 0 Å². The first kappa shape index (κ1) is 16.9. The van der Waals surface area contributed by atoms with E-state index >= 15 is 0 Å². The molecule has 0 atom stereocenters. The Morgan fingerprint density at radius 3 is 2.25 bits per heavy atom. The van der Waals surface area contributed by atoms with Crippen LogP contribution in [0.2, 0.25) is 0 Å². The molecule has 114 valence electrons. The van der Waals surface area contributed by atoms with Gasteiger partial charge in [0.05, 0.1) is 16.9 Å². The Hall–Kier alpha value is -1.17. The summed E-state index contributed by atoms with van der Waals surface area (Å²) in [6.07, 6.45) is 2.97. The SMILES string of the molecule is CCCC(CCC)(C(=O)N1CCN(C)C(=O)C1)C(N)=S. The van der Waals surface area contributed by atoms with Gasteiger partial charge in [0.1, 0.15) is 0 Å². The minimum Gasteiger partial charge on any atom is -0.392 e. The van der Waals surface area contributed by atoms with Gasteiger partial charge in [-0.05, 0) is 12.8 Å². The second-order valence-corrected chi connectivity index (χ2v) is 5.93. The van der Waals surface area contributed by atoms with Crippen LogP contribution >= 0.6 is 12.2 Å². The zero-order valence-corrected chi connectivity index (χ0v) is 13.5. The van der Waals surface area contributed by atoms with E-state index in [1.54, 1.807) is 16.8 Å². The Bertz CT molecular complexity index is 392. The first-order chi connectivity index (χ1) is 9.39. The van der Waals surface area contributed by atoms with Crippen molar-refractivity contribution in [1.29, 1.82) is 0 Å². The van der Waals surface area contributed by atoms with Crippen molar-refractivity contribution < 1.29 is 9.59 Å². The molecule has 1 saturated heterocycles. The third kappa shape index (κ3) is 3.29. The van der Waals surface area contributed by atoms with Crippen molar-refractivity contribution in [2.45, 2.75) is 39.5 Å². The summed E-state index contributed by atoms with van der Waals surface area (Å²) < 4.78 is 0. The highest BCUT2D eigenvalue weighted by Gasteiger charge is 2.43. The third-order valence-corrected chi connectivity index (χ3v) is 4.37. The maximum absolute atomic E-state index is 12.9. The van der Waals surface area contributed by atoms with Crippen LogP contribution in [-0.4, -0.2) is 53.3 Å². The van der Waals surface area contributed by atoms with Crippen molar-refractivity contribution in [3.8, 4) is 0 Å². The normalized spacial score (nSPS) is 16.4. The average molecular weight is 299 g/mol. The molecule has 1 rings (SSSR count). The van der Waals surface area contributed by atoms with Gasteiger partial charge in [0, 0.05) is 20.1 Å². The monoisotopic (exact) mass is 299 g/mol. The Morgan fingerprint density at radius 1 is 1.30 bits per heavy atom. The van der Waals surface area contributed by atoms with E-state index in [-0.39, 0.29) is 23.3 Å². The molecule has 2 N–H and O–H groups in total. The van der Waals surface area contributed by atoms with Gasteiger partial charge in [-0.3, -0.25) is 9.59 Å². The highest BCUT2D eigenvalue weighted by molar-refractivity contribution is 7.80. The molecule has 0 radical (unpaired) electrons. The lowest BCUT2D eigenvalue weighted by Gasteiger charge is -2.39. The standard InChI is InChI=1S/C14H25N3O2S/c1-4-6-14(7-5-2,12(15)20)13(19)17-9-8-16(3)11(18)10-17/h4-10H2,1-3H3,(H2,15,20). The molecule has 1 aliphatic heterocycles. The summed E-state index contributed by atoms with van der Waals surface area (Å²) in [5, 5.41) is 0. The van der Waals surface area contributed by atoms with Crippen molar-refractivity contribution in [3.05, 3.63) is 0 Å². The molecule has 0 spiro atoms. The van der Waals surface area contributed by atoms with Crippen molar-refractivity contribution in [1.82, 2.24) is 9.80 Å². The number of amides is 2. The van der Waals surface area contributed by atoms with Crippen LogP contribution < -0.4 is 5.73 Å². The van der Waals surface area contributed by atoms with E-state index < -0.39 is 5.41 Å². The number of hydrogen-bond donors (Lipinski definition) is 1. The summed E-state index contributed by atoms with van der Waals surface area (Å²) in [5.74, 6) is -0.107. The number of nitrogens with zero attached hydrogens (tertiary/aromatic N) is 2. The molecule has 0 aliphatic carbocycles. The van der Waals surface area contributed by atoms with Crippen molar-refractivity contribution in [2.75, 3.05) is 26.7 Å². The molecule has 0 aromatic heterocycles. The molecular formula is C14H25N3O2S. The van der Waals surface area contributed by atoms with Crippen LogP contribution in [-0.2, 0) is 9.59 Å². The zero-order chi connectivity index (χ0) is 15.3. The van der Waals surface area contributed by atoms with E-state index in [0.717, 1.165) is 12.8 Å². The predicted molar refractivity (Wildman–Crippen MR) is 83.3 cm³/mol. The Balaban J connectivity index is 2.98. The van der Waals surface area contributed by atoms with E-state index in [1.165, 1.54) is 0 Å². The maximum atomic E-state index is 12.9. The number of carbonyl (C=O) groups excluding carboxylic acids is 2. The maximum Gasteiger partial charge on any atom is 0.241 e. The fourth-order valence-corrected chi connectivity index (χ4v) is 3.07. The number of piperazine rings is 1. The Morgan fingerprint density at radius 2 is 1.85 bits per heavy atom. The lowest BCUT2D eigenvalue weighted by Crippen LogP contribution is -2.57. The molecular weight excluding hydrogens is 274 g/mol. The number of likely N-dealkylation sites (N-methyl/N-ethyl adjacent to an activating group) is 1. The van der Waals surface area contributed by atoms with Gasteiger partial charge in [0.2, 0.25) is 11.8 Å². The number of rotatable bonds is 6. The molecule has 5 nitrogen and oxygen atoms in total. The van der Waals surface area contributed by atoms with Crippen LogP contribution in [0, 0.1) is 5.41 Å². The molecule has 0 aromatic carbocycles. The summed E-state index contributed by atoms with van der Waals surface area (Å²) in [4.78, 5) is 28.2. The fraction of sp³-hybridized carbons (Fsp3) is 0.786. The predicted octanol–water partition coefficient (Wildman–Crippen LogP) is 1.16. The smallest absolute Gasteiger partial charge is 0.241 e. The summed E-state index contributed by atoms with van der Waals surface area (Å²) in [6.45, 7) is 5.29. The molecule has 6 heteroatoms. The van der Waals surface area contributed by atoms with Gasteiger partial charge in [-0.15, -0.1) is 0 Å². The quantitative estimate of drug-likeness (QED) is 0.747. The molecule has 1 heterocycles. The second kappa shape index (κ2) is 7.02. The molecule has 0 unspecified atom stereocenters. The van der Waals surface area contributed by atoms with Crippen LogP contribution in [0.25, 0.3) is 0 Å². The molecule has 0 aromatic rings. The van der Waals surface area contributed by atoms with Crippen molar-refractivity contribution in [3.63, 3.8) is 0 Å². The molecule has 2 amide bonds. The van der Waals surface area contributed by atoms with Gasteiger partial charge in [-0.25, -0.2) is 0 Å². The molecule has 20 heavy (non-hydrogen) atoms. The van der Waals surface area contributed by atoms with E-state index in [0.29, 0.717) is 25.9 Å². The largest absolute Gasteiger partial charge is 0.392 e.